The Morgan fingerprint density at radius 3 is 2.93 bits per heavy atom. The molecule has 1 aliphatic heterocycles. The van der Waals surface area contributed by atoms with Crippen LogP contribution < -0.4 is 11.1 Å². The Morgan fingerprint density at radius 1 is 1.53 bits per heavy atom. The van der Waals surface area contributed by atoms with Gasteiger partial charge in [0.25, 0.3) is 0 Å². The van der Waals surface area contributed by atoms with Gasteiger partial charge in [0.1, 0.15) is 0 Å². The van der Waals surface area contributed by atoms with Crippen LogP contribution in [-0.4, -0.2) is 5.96 Å². The summed E-state index contributed by atoms with van der Waals surface area (Å²) in [6.07, 6.45) is 3.54. The highest BCUT2D eigenvalue weighted by Gasteiger charge is 2.29. The zero-order chi connectivity index (χ0) is 11.0. The van der Waals surface area contributed by atoms with Gasteiger partial charge in [0.2, 0.25) is 0 Å². The molecule has 0 spiro atoms. The number of nitrogens with two attached hydrogens (primary N) is 1. The first-order valence-corrected chi connectivity index (χ1v) is 5.63. The Balaban J connectivity index is 2.41. The molecular weight excluding hydrogens is 186 g/mol. The molecule has 1 atom stereocenters. The molecule has 1 aliphatic carbocycles. The van der Waals surface area contributed by atoms with Crippen molar-refractivity contribution in [2.75, 3.05) is 0 Å². The molecule has 15 heavy (non-hydrogen) atoms. The SMILES string of the molecule is C=C1NC(N)=NC2=C1CCCC2C(C)C. The van der Waals surface area contributed by atoms with Crippen molar-refractivity contribution in [3.8, 4) is 0 Å². The summed E-state index contributed by atoms with van der Waals surface area (Å²) in [5.74, 6) is 1.66. The lowest BCUT2D eigenvalue weighted by Crippen LogP contribution is -2.36. The Labute approximate surface area is 91.1 Å². The lowest BCUT2D eigenvalue weighted by molar-refractivity contribution is 0.379. The molecule has 0 fully saturated rings. The van der Waals surface area contributed by atoms with E-state index in [4.69, 9.17) is 5.73 Å². The van der Waals surface area contributed by atoms with Gasteiger partial charge in [-0.3, -0.25) is 0 Å². The van der Waals surface area contributed by atoms with Crippen LogP contribution in [0.2, 0.25) is 0 Å². The zero-order valence-electron chi connectivity index (χ0n) is 9.51. The van der Waals surface area contributed by atoms with Gasteiger partial charge in [-0.2, -0.15) is 0 Å². The number of aliphatic imine (C=N–C) groups is 1. The average molecular weight is 205 g/mol. The van der Waals surface area contributed by atoms with Crippen LogP contribution >= 0.6 is 0 Å². The minimum Gasteiger partial charge on any atom is -0.369 e. The maximum absolute atomic E-state index is 5.74. The van der Waals surface area contributed by atoms with Crippen molar-refractivity contribution >= 4 is 5.96 Å². The summed E-state index contributed by atoms with van der Waals surface area (Å²) in [5.41, 5.74) is 9.15. The van der Waals surface area contributed by atoms with Crippen molar-refractivity contribution < 1.29 is 0 Å². The normalized spacial score (nSPS) is 26.2. The molecule has 2 aliphatic rings. The van der Waals surface area contributed by atoms with E-state index < -0.39 is 0 Å². The lowest BCUT2D eigenvalue weighted by atomic mass is 9.79. The van der Waals surface area contributed by atoms with Crippen LogP contribution in [0.25, 0.3) is 0 Å². The highest BCUT2D eigenvalue weighted by molar-refractivity contribution is 5.83. The van der Waals surface area contributed by atoms with Crippen LogP contribution in [0.15, 0.2) is 28.5 Å². The van der Waals surface area contributed by atoms with Gasteiger partial charge in [0.15, 0.2) is 5.96 Å². The van der Waals surface area contributed by atoms with Gasteiger partial charge < -0.3 is 11.1 Å². The number of guanidine groups is 1. The minimum atomic E-state index is 0.492. The molecule has 0 saturated heterocycles. The maximum atomic E-state index is 5.74. The predicted molar refractivity (Wildman–Crippen MR) is 63.1 cm³/mol. The van der Waals surface area contributed by atoms with Gasteiger partial charge in [0, 0.05) is 11.6 Å². The van der Waals surface area contributed by atoms with Gasteiger partial charge in [0.05, 0.1) is 5.70 Å². The molecule has 0 amide bonds. The summed E-state index contributed by atoms with van der Waals surface area (Å²) in [7, 11) is 0. The fourth-order valence-electron chi connectivity index (χ4n) is 2.48. The third-order valence-electron chi connectivity index (χ3n) is 3.29. The summed E-state index contributed by atoms with van der Waals surface area (Å²) in [6.45, 7) is 8.51. The van der Waals surface area contributed by atoms with E-state index in [0.29, 0.717) is 17.8 Å². The molecule has 1 heterocycles. The molecule has 3 heteroatoms. The minimum absolute atomic E-state index is 0.492. The molecular formula is C12H19N3. The van der Waals surface area contributed by atoms with Crippen molar-refractivity contribution in [3.63, 3.8) is 0 Å². The Bertz CT molecular complexity index is 350. The van der Waals surface area contributed by atoms with Crippen molar-refractivity contribution in [2.45, 2.75) is 33.1 Å². The van der Waals surface area contributed by atoms with Gasteiger partial charge in [-0.25, -0.2) is 4.99 Å². The van der Waals surface area contributed by atoms with Crippen molar-refractivity contribution in [3.05, 3.63) is 23.5 Å². The maximum Gasteiger partial charge on any atom is 0.198 e. The van der Waals surface area contributed by atoms with Gasteiger partial charge in [-0.15, -0.1) is 0 Å². The van der Waals surface area contributed by atoms with E-state index in [2.05, 4.69) is 30.7 Å². The van der Waals surface area contributed by atoms with Gasteiger partial charge in [-0.1, -0.05) is 20.4 Å². The van der Waals surface area contributed by atoms with E-state index in [9.17, 15) is 0 Å². The molecule has 0 radical (unpaired) electrons. The van der Waals surface area contributed by atoms with E-state index in [0.717, 1.165) is 12.1 Å². The molecule has 82 valence electrons. The molecule has 1 unspecified atom stereocenters. The van der Waals surface area contributed by atoms with Crippen LogP contribution in [0, 0.1) is 11.8 Å². The molecule has 0 aromatic heterocycles. The quantitative estimate of drug-likeness (QED) is 0.689. The monoisotopic (exact) mass is 205 g/mol. The Morgan fingerprint density at radius 2 is 2.27 bits per heavy atom. The first-order valence-electron chi connectivity index (χ1n) is 5.63. The second-order valence-corrected chi connectivity index (χ2v) is 4.71. The van der Waals surface area contributed by atoms with Gasteiger partial charge >= 0.3 is 0 Å². The number of hydrogen-bond acceptors (Lipinski definition) is 3. The Hall–Kier alpha value is -1.25. The van der Waals surface area contributed by atoms with Crippen LogP contribution in [0.5, 0.6) is 0 Å². The van der Waals surface area contributed by atoms with Crippen LogP contribution in [0.3, 0.4) is 0 Å². The predicted octanol–water partition coefficient (Wildman–Crippen LogP) is 2.13. The van der Waals surface area contributed by atoms with Crippen molar-refractivity contribution in [1.29, 1.82) is 0 Å². The number of nitrogens with zero attached hydrogens (tertiary/aromatic N) is 1. The van der Waals surface area contributed by atoms with Crippen LogP contribution in [-0.2, 0) is 0 Å². The number of nitrogens with one attached hydrogen (secondary N) is 1. The highest BCUT2D eigenvalue weighted by atomic mass is 15.1. The van der Waals surface area contributed by atoms with E-state index in [-0.39, 0.29) is 0 Å². The fourth-order valence-corrected chi connectivity index (χ4v) is 2.48. The summed E-state index contributed by atoms with van der Waals surface area (Å²) in [6, 6.07) is 0. The molecule has 3 N–H and O–H groups in total. The average Bonchev–Trinajstić information content (AvgIpc) is 2.16. The summed E-state index contributed by atoms with van der Waals surface area (Å²) in [5, 5.41) is 3.01. The van der Waals surface area contributed by atoms with Crippen molar-refractivity contribution in [2.24, 2.45) is 22.6 Å². The second-order valence-electron chi connectivity index (χ2n) is 4.71. The Kier molecular flexibility index (Phi) is 2.55. The number of hydrogen-bond donors (Lipinski definition) is 2. The highest BCUT2D eigenvalue weighted by Crippen LogP contribution is 2.38. The summed E-state index contributed by atoms with van der Waals surface area (Å²) >= 11 is 0. The molecule has 0 bridgehead atoms. The number of allylic oxidation sites excluding steroid dienone is 2. The molecule has 3 nitrogen and oxygen atoms in total. The summed E-state index contributed by atoms with van der Waals surface area (Å²) < 4.78 is 0. The zero-order valence-corrected chi connectivity index (χ0v) is 9.51. The molecule has 2 rings (SSSR count). The number of rotatable bonds is 1. The van der Waals surface area contributed by atoms with E-state index in [1.807, 2.05) is 0 Å². The topological polar surface area (TPSA) is 50.4 Å². The first kappa shape index (κ1) is 10.3. The van der Waals surface area contributed by atoms with Crippen molar-refractivity contribution in [1.82, 2.24) is 5.32 Å². The van der Waals surface area contributed by atoms with Crippen LogP contribution in [0.4, 0.5) is 0 Å². The molecule has 0 saturated carbocycles. The largest absolute Gasteiger partial charge is 0.369 e. The summed E-state index contributed by atoms with van der Waals surface area (Å²) in [4.78, 5) is 4.46. The molecule has 0 aromatic carbocycles. The van der Waals surface area contributed by atoms with E-state index in [1.54, 1.807) is 0 Å². The third kappa shape index (κ3) is 1.78. The van der Waals surface area contributed by atoms with Crippen LogP contribution in [0.1, 0.15) is 33.1 Å². The molecule has 0 aromatic rings. The van der Waals surface area contributed by atoms with Gasteiger partial charge in [-0.05, 0) is 30.8 Å². The fraction of sp³-hybridized carbons (Fsp3) is 0.583. The van der Waals surface area contributed by atoms with E-state index >= 15 is 0 Å². The standard InChI is InChI=1S/C12H19N3/c1-7(2)9-5-4-6-10-8(3)14-12(13)15-11(9)10/h7,9H,3-6H2,1-2H3,(H3,13,14,15). The van der Waals surface area contributed by atoms with E-state index in [1.165, 1.54) is 24.1 Å². The first-order chi connectivity index (χ1) is 7.09. The third-order valence-corrected chi connectivity index (χ3v) is 3.29. The second kappa shape index (κ2) is 3.72. The lowest BCUT2D eigenvalue weighted by Gasteiger charge is -2.32. The smallest absolute Gasteiger partial charge is 0.198 e.